The third kappa shape index (κ3) is 1.65. The van der Waals surface area contributed by atoms with Gasteiger partial charge in [-0.25, -0.2) is 8.78 Å². The lowest BCUT2D eigenvalue weighted by Crippen LogP contribution is -2.29. The van der Waals surface area contributed by atoms with Crippen molar-refractivity contribution < 1.29 is 13.5 Å². The molecule has 1 aliphatic heterocycles. The molecular weight excluding hydrogens is 212 g/mol. The van der Waals surface area contributed by atoms with Gasteiger partial charge in [0.2, 0.25) is 0 Å². The maximum Gasteiger partial charge on any atom is 0.168 e. The van der Waals surface area contributed by atoms with Crippen LogP contribution in [0, 0.1) is 23.0 Å². The summed E-state index contributed by atoms with van der Waals surface area (Å²) in [6, 6.07) is 3.76. The second-order valence-electron chi connectivity index (χ2n) is 4.14. The number of rotatable bonds is 0. The molecule has 2 nitrogen and oxygen atoms in total. The van der Waals surface area contributed by atoms with Crippen molar-refractivity contribution >= 4 is 5.57 Å². The number of hydrogen-bond acceptors (Lipinski definition) is 2. The monoisotopic (exact) mass is 221 g/mol. The summed E-state index contributed by atoms with van der Waals surface area (Å²) >= 11 is 0. The van der Waals surface area contributed by atoms with Crippen LogP contribution in [0.2, 0.25) is 0 Å². The molecule has 16 heavy (non-hydrogen) atoms. The van der Waals surface area contributed by atoms with Crippen molar-refractivity contribution in [1.82, 2.24) is 0 Å². The lowest BCUT2D eigenvalue weighted by molar-refractivity contribution is 0.150. The summed E-state index contributed by atoms with van der Waals surface area (Å²) in [5.74, 6) is -1.57. The van der Waals surface area contributed by atoms with Crippen LogP contribution in [0.4, 0.5) is 8.78 Å². The Bertz CT molecular complexity index is 527. The zero-order valence-corrected chi connectivity index (χ0v) is 8.84. The third-order valence-corrected chi connectivity index (χ3v) is 2.28. The van der Waals surface area contributed by atoms with Crippen molar-refractivity contribution in [3.8, 4) is 11.8 Å². The van der Waals surface area contributed by atoms with E-state index in [4.69, 9.17) is 10.00 Å². The average Bonchev–Trinajstić information content (AvgIpc) is 2.18. The Labute approximate surface area is 91.8 Å². The molecule has 0 saturated carbocycles. The van der Waals surface area contributed by atoms with E-state index < -0.39 is 17.2 Å². The van der Waals surface area contributed by atoms with Gasteiger partial charge in [-0.1, -0.05) is 0 Å². The van der Waals surface area contributed by atoms with E-state index in [0.717, 1.165) is 12.1 Å². The number of ether oxygens (including phenoxy) is 1. The van der Waals surface area contributed by atoms with Gasteiger partial charge >= 0.3 is 0 Å². The molecule has 1 aliphatic rings. The van der Waals surface area contributed by atoms with E-state index in [0.29, 0.717) is 0 Å². The molecule has 1 heterocycles. The van der Waals surface area contributed by atoms with Crippen molar-refractivity contribution in [1.29, 1.82) is 5.26 Å². The van der Waals surface area contributed by atoms with E-state index in [1.807, 2.05) is 6.07 Å². The van der Waals surface area contributed by atoms with Crippen molar-refractivity contribution in [2.75, 3.05) is 0 Å². The highest BCUT2D eigenvalue weighted by Crippen LogP contribution is 2.38. The first-order chi connectivity index (χ1) is 7.43. The van der Waals surface area contributed by atoms with Crippen molar-refractivity contribution in [3.05, 3.63) is 35.4 Å². The minimum Gasteiger partial charge on any atom is -0.480 e. The third-order valence-electron chi connectivity index (χ3n) is 2.28. The molecule has 0 N–H and O–H groups in total. The highest BCUT2D eigenvalue weighted by atomic mass is 19.1. The fourth-order valence-electron chi connectivity index (χ4n) is 1.67. The van der Waals surface area contributed by atoms with Gasteiger partial charge in [-0.3, -0.25) is 0 Å². The highest BCUT2D eigenvalue weighted by Gasteiger charge is 2.29. The molecule has 0 spiro atoms. The fourth-order valence-corrected chi connectivity index (χ4v) is 1.67. The van der Waals surface area contributed by atoms with Gasteiger partial charge < -0.3 is 4.74 Å². The number of allylic oxidation sites excluding steroid dienone is 1. The van der Waals surface area contributed by atoms with Crippen LogP contribution >= 0.6 is 0 Å². The fraction of sp³-hybridized carbons (Fsp3) is 0.250. The molecule has 0 amide bonds. The number of halogens is 2. The minimum atomic E-state index is -0.788. The Morgan fingerprint density at radius 2 is 2.00 bits per heavy atom. The summed E-state index contributed by atoms with van der Waals surface area (Å²) in [6.45, 7) is 3.41. The van der Waals surface area contributed by atoms with E-state index >= 15 is 0 Å². The van der Waals surface area contributed by atoms with Crippen LogP contribution in [0.25, 0.3) is 5.57 Å². The smallest absolute Gasteiger partial charge is 0.168 e. The number of nitriles is 1. The Kier molecular flexibility index (Phi) is 2.20. The Balaban J connectivity index is 2.70. The lowest BCUT2D eigenvalue weighted by Gasteiger charge is -2.29. The molecule has 0 aliphatic carbocycles. The number of benzene rings is 1. The van der Waals surface area contributed by atoms with Gasteiger partial charge in [-0.05, 0) is 26.0 Å². The SMILES string of the molecule is CC1(C)C=C(C#N)c2cc(F)cc(F)c2O1. The maximum atomic E-state index is 13.5. The molecule has 0 radical (unpaired) electrons. The molecular formula is C12H9F2NO. The van der Waals surface area contributed by atoms with Crippen LogP contribution in [-0.4, -0.2) is 5.60 Å². The van der Waals surface area contributed by atoms with E-state index in [-0.39, 0.29) is 16.9 Å². The highest BCUT2D eigenvalue weighted by molar-refractivity contribution is 5.82. The van der Waals surface area contributed by atoms with E-state index in [2.05, 4.69) is 0 Å². The average molecular weight is 221 g/mol. The largest absolute Gasteiger partial charge is 0.480 e. The molecule has 0 bridgehead atoms. The van der Waals surface area contributed by atoms with E-state index in [9.17, 15) is 8.78 Å². The van der Waals surface area contributed by atoms with Crippen LogP contribution in [-0.2, 0) is 0 Å². The Hall–Kier alpha value is -1.89. The molecule has 0 saturated heterocycles. The zero-order valence-electron chi connectivity index (χ0n) is 8.84. The molecule has 1 aromatic rings. The van der Waals surface area contributed by atoms with Gasteiger partial charge in [0.05, 0.1) is 11.6 Å². The van der Waals surface area contributed by atoms with Gasteiger partial charge in [-0.15, -0.1) is 0 Å². The summed E-state index contributed by atoms with van der Waals surface area (Å²) in [4.78, 5) is 0. The Morgan fingerprint density at radius 1 is 1.31 bits per heavy atom. The Morgan fingerprint density at radius 3 is 2.62 bits per heavy atom. The standard InChI is InChI=1S/C12H9F2NO/c1-12(2)5-7(6-15)9-3-8(13)4-10(14)11(9)16-12/h3-5H,1-2H3. The van der Waals surface area contributed by atoms with Gasteiger partial charge in [0.25, 0.3) is 0 Å². The summed E-state index contributed by atoms with van der Waals surface area (Å²) in [6.07, 6.45) is 1.55. The van der Waals surface area contributed by atoms with Crippen molar-refractivity contribution in [2.45, 2.75) is 19.4 Å². The summed E-state index contributed by atoms with van der Waals surface area (Å²) in [5.41, 5.74) is -0.375. The van der Waals surface area contributed by atoms with Crippen molar-refractivity contribution in [2.24, 2.45) is 0 Å². The first-order valence-corrected chi connectivity index (χ1v) is 4.74. The number of nitrogens with zero attached hydrogens (tertiary/aromatic N) is 1. The van der Waals surface area contributed by atoms with Gasteiger partial charge in [0.1, 0.15) is 11.4 Å². The van der Waals surface area contributed by atoms with Gasteiger partial charge in [0, 0.05) is 11.6 Å². The number of hydrogen-bond donors (Lipinski definition) is 0. The predicted molar refractivity (Wildman–Crippen MR) is 54.7 cm³/mol. The zero-order chi connectivity index (χ0) is 11.9. The molecule has 1 aromatic carbocycles. The normalized spacial score (nSPS) is 16.8. The molecule has 82 valence electrons. The second-order valence-corrected chi connectivity index (χ2v) is 4.14. The first kappa shape index (κ1) is 10.6. The topological polar surface area (TPSA) is 33.0 Å². The lowest BCUT2D eigenvalue weighted by atomic mass is 9.95. The van der Waals surface area contributed by atoms with Gasteiger partial charge in [-0.2, -0.15) is 5.26 Å². The molecule has 2 rings (SSSR count). The van der Waals surface area contributed by atoms with Crippen LogP contribution < -0.4 is 4.74 Å². The minimum absolute atomic E-state index is 0.0644. The molecule has 0 fully saturated rings. The van der Waals surface area contributed by atoms with Gasteiger partial charge in [0.15, 0.2) is 11.6 Å². The van der Waals surface area contributed by atoms with Crippen LogP contribution in [0.5, 0.6) is 5.75 Å². The molecule has 4 heteroatoms. The van der Waals surface area contributed by atoms with Crippen LogP contribution in [0.3, 0.4) is 0 Å². The molecule has 0 unspecified atom stereocenters. The molecule has 0 atom stereocenters. The van der Waals surface area contributed by atoms with Crippen molar-refractivity contribution in [3.63, 3.8) is 0 Å². The van der Waals surface area contributed by atoms with E-state index in [1.54, 1.807) is 19.9 Å². The quantitative estimate of drug-likeness (QED) is 0.674. The first-order valence-electron chi connectivity index (χ1n) is 4.74. The number of fused-ring (bicyclic) bond motifs is 1. The second kappa shape index (κ2) is 3.31. The van der Waals surface area contributed by atoms with Crippen LogP contribution in [0.1, 0.15) is 19.4 Å². The summed E-state index contributed by atoms with van der Waals surface area (Å²) in [7, 11) is 0. The summed E-state index contributed by atoms with van der Waals surface area (Å²) < 4.78 is 31.9. The predicted octanol–water partition coefficient (Wildman–Crippen LogP) is 3.04. The van der Waals surface area contributed by atoms with E-state index in [1.165, 1.54) is 0 Å². The molecule has 0 aromatic heterocycles. The maximum absolute atomic E-state index is 13.5. The van der Waals surface area contributed by atoms with Crippen LogP contribution in [0.15, 0.2) is 18.2 Å². The summed E-state index contributed by atoms with van der Waals surface area (Å²) in [5, 5.41) is 8.93.